The van der Waals surface area contributed by atoms with Crippen molar-refractivity contribution in [2.75, 3.05) is 18.5 Å². The van der Waals surface area contributed by atoms with E-state index < -0.39 is 0 Å². The van der Waals surface area contributed by atoms with Gasteiger partial charge in [0.25, 0.3) is 0 Å². The van der Waals surface area contributed by atoms with Gasteiger partial charge in [0.15, 0.2) is 0 Å². The highest BCUT2D eigenvalue weighted by Crippen LogP contribution is 2.31. The Kier molecular flexibility index (Phi) is 4.48. The Labute approximate surface area is 127 Å². The van der Waals surface area contributed by atoms with Crippen LogP contribution in [-0.2, 0) is 9.59 Å². The van der Waals surface area contributed by atoms with Gasteiger partial charge in [-0.25, -0.2) is 0 Å². The van der Waals surface area contributed by atoms with Crippen molar-refractivity contribution in [3.63, 3.8) is 0 Å². The molecule has 1 saturated heterocycles. The van der Waals surface area contributed by atoms with E-state index in [0.717, 1.165) is 10.2 Å². The molecule has 0 aromatic heterocycles. The van der Waals surface area contributed by atoms with Gasteiger partial charge in [-0.1, -0.05) is 12.1 Å². The van der Waals surface area contributed by atoms with Gasteiger partial charge in [0.2, 0.25) is 11.8 Å². The molecule has 0 saturated carbocycles. The molecule has 1 aromatic rings. The van der Waals surface area contributed by atoms with E-state index >= 15 is 0 Å². The summed E-state index contributed by atoms with van der Waals surface area (Å²) in [6, 6.07) is 7.74. The summed E-state index contributed by atoms with van der Waals surface area (Å²) in [5.74, 6) is -0.197. The van der Waals surface area contributed by atoms with Crippen LogP contribution in [0.3, 0.4) is 0 Å². The summed E-state index contributed by atoms with van der Waals surface area (Å²) in [6.07, 6.45) is 0.289. The molecule has 0 radical (unpaired) electrons. The molecular weight excluding hydrogens is 320 g/mol. The number of halogens is 1. The van der Waals surface area contributed by atoms with E-state index in [-0.39, 0.29) is 30.2 Å². The largest absolute Gasteiger partial charge is 0.343 e. The quantitative estimate of drug-likeness (QED) is 0.850. The molecule has 1 atom stereocenters. The van der Waals surface area contributed by atoms with E-state index in [1.165, 1.54) is 0 Å². The molecule has 0 unspecified atom stereocenters. The molecular formula is C15H19BrN2O2. The molecule has 108 valence electrons. The average molecular weight is 339 g/mol. The lowest BCUT2D eigenvalue weighted by Crippen LogP contribution is -2.38. The Morgan fingerprint density at radius 1 is 1.40 bits per heavy atom. The van der Waals surface area contributed by atoms with E-state index in [9.17, 15) is 9.59 Å². The number of carbonyl (C=O) groups excluding carboxylic acids is 2. The Bertz CT molecular complexity index is 530. The Morgan fingerprint density at radius 2 is 2.05 bits per heavy atom. The first-order chi connectivity index (χ1) is 9.41. The fraction of sp³-hybridized carbons (Fsp3) is 0.467. The first-order valence-electron chi connectivity index (χ1n) is 6.73. The molecule has 5 heteroatoms. The molecule has 4 nitrogen and oxygen atoms in total. The molecule has 2 rings (SSSR count). The zero-order valence-corrected chi connectivity index (χ0v) is 13.6. The highest BCUT2D eigenvalue weighted by molar-refractivity contribution is 9.10. The fourth-order valence-electron chi connectivity index (χ4n) is 2.32. The van der Waals surface area contributed by atoms with Crippen molar-refractivity contribution in [3.05, 3.63) is 28.7 Å². The molecule has 0 N–H and O–H groups in total. The molecule has 0 spiro atoms. The van der Waals surface area contributed by atoms with Crippen molar-refractivity contribution in [3.8, 4) is 0 Å². The number of rotatable bonds is 3. The molecule has 1 fully saturated rings. The van der Waals surface area contributed by atoms with E-state index in [4.69, 9.17) is 0 Å². The Hall–Kier alpha value is -1.36. The van der Waals surface area contributed by atoms with Crippen molar-refractivity contribution in [2.45, 2.75) is 26.3 Å². The third-order valence-electron chi connectivity index (χ3n) is 3.74. The van der Waals surface area contributed by atoms with Gasteiger partial charge in [-0.05, 0) is 41.9 Å². The van der Waals surface area contributed by atoms with Crippen molar-refractivity contribution < 1.29 is 9.59 Å². The number of amides is 2. The van der Waals surface area contributed by atoms with E-state index in [0.29, 0.717) is 6.54 Å². The third kappa shape index (κ3) is 2.87. The maximum Gasteiger partial charge on any atom is 0.227 e. The zero-order chi connectivity index (χ0) is 14.9. The summed E-state index contributed by atoms with van der Waals surface area (Å²) in [5, 5.41) is 0. The third-order valence-corrected chi connectivity index (χ3v) is 4.41. The maximum absolute atomic E-state index is 12.3. The number of hydrogen-bond acceptors (Lipinski definition) is 2. The van der Waals surface area contributed by atoms with Crippen molar-refractivity contribution in [1.29, 1.82) is 0 Å². The van der Waals surface area contributed by atoms with Crippen LogP contribution in [0.1, 0.15) is 20.3 Å². The van der Waals surface area contributed by atoms with E-state index in [1.807, 2.05) is 38.1 Å². The topological polar surface area (TPSA) is 40.6 Å². The molecule has 1 aliphatic rings. The predicted molar refractivity (Wildman–Crippen MR) is 82.5 cm³/mol. The lowest BCUT2D eigenvalue weighted by atomic mass is 10.1. The van der Waals surface area contributed by atoms with Crippen LogP contribution < -0.4 is 4.90 Å². The number of nitrogens with zero attached hydrogens (tertiary/aromatic N) is 2. The summed E-state index contributed by atoms with van der Waals surface area (Å²) >= 11 is 3.45. The van der Waals surface area contributed by atoms with Crippen LogP contribution in [-0.4, -0.2) is 36.3 Å². The van der Waals surface area contributed by atoms with Crippen LogP contribution in [0, 0.1) is 5.92 Å². The molecule has 0 aliphatic carbocycles. The minimum atomic E-state index is -0.248. The van der Waals surface area contributed by atoms with Crippen molar-refractivity contribution >= 4 is 33.4 Å². The minimum Gasteiger partial charge on any atom is -0.343 e. The molecule has 2 amide bonds. The van der Waals surface area contributed by atoms with Crippen LogP contribution in [0.15, 0.2) is 28.7 Å². The summed E-state index contributed by atoms with van der Waals surface area (Å²) in [7, 11) is 1.79. The summed E-state index contributed by atoms with van der Waals surface area (Å²) in [5.41, 5.74) is 0.833. The monoisotopic (exact) mass is 338 g/mol. The number of carbonyl (C=O) groups is 2. The molecule has 1 aromatic carbocycles. The maximum atomic E-state index is 12.3. The number of para-hydroxylation sites is 1. The minimum absolute atomic E-state index is 0.00686. The highest BCUT2D eigenvalue weighted by Gasteiger charge is 2.37. The van der Waals surface area contributed by atoms with Crippen molar-refractivity contribution in [1.82, 2.24) is 4.90 Å². The van der Waals surface area contributed by atoms with E-state index in [1.54, 1.807) is 16.8 Å². The molecule has 0 bridgehead atoms. The van der Waals surface area contributed by atoms with Crippen LogP contribution >= 0.6 is 15.9 Å². The van der Waals surface area contributed by atoms with Gasteiger partial charge in [0.05, 0.1) is 11.6 Å². The standard InChI is InChI=1S/C15H19BrN2O2/c1-10(2)17(3)15(20)11-8-14(19)18(9-11)13-7-5-4-6-12(13)16/h4-7,10-11H,8-9H2,1-3H3/t11-/m1/s1. The lowest BCUT2D eigenvalue weighted by Gasteiger charge is -2.25. The second kappa shape index (κ2) is 5.95. The normalized spacial score (nSPS) is 18.8. The number of benzene rings is 1. The van der Waals surface area contributed by atoms with Gasteiger partial charge in [-0.3, -0.25) is 9.59 Å². The summed E-state index contributed by atoms with van der Waals surface area (Å²) < 4.78 is 0.874. The summed E-state index contributed by atoms with van der Waals surface area (Å²) in [4.78, 5) is 27.9. The molecule has 1 heterocycles. The predicted octanol–water partition coefficient (Wildman–Crippen LogP) is 2.67. The van der Waals surface area contributed by atoms with Gasteiger partial charge < -0.3 is 9.80 Å². The second-order valence-corrected chi connectivity index (χ2v) is 6.25. The fourth-order valence-corrected chi connectivity index (χ4v) is 2.82. The molecule has 20 heavy (non-hydrogen) atoms. The average Bonchev–Trinajstić information content (AvgIpc) is 2.79. The number of hydrogen-bond donors (Lipinski definition) is 0. The van der Waals surface area contributed by atoms with Crippen molar-refractivity contribution in [2.24, 2.45) is 5.92 Å². The van der Waals surface area contributed by atoms with Gasteiger partial charge >= 0.3 is 0 Å². The number of anilines is 1. The SMILES string of the molecule is CC(C)N(C)C(=O)[C@@H]1CC(=O)N(c2ccccc2Br)C1. The van der Waals surface area contributed by atoms with Crippen LogP contribution in [0.2, 0.25) is 0 Å². The van der Waals surface area contributed by atoms with Crippen LogP contribution in [0.4, 0.5) is 5.69 Å². The van der Waals surface area contributed by atoms with Crippen LogP contribution in [0.5, 0.6) is 0 Å². The molecule has 1 aliphatic heterocycles. The Balaban J connectivity index is 2.16. The summed E-state index contributed by atoms with van der Waals surface area (Å²) in [6.45, 7) is 4.40. The van der Waals surface area contributed by atoms with E-state index in [2.05, 4.69) is 15.9 Å². The zero-order valence-electron chi connectivity index (χ0n) is 12.0. The first-order valence-corrected chi connectivity index (χ1v) is 7.52. The van der Waals surface area contributed by atoms with Gasteiger partial charge in [-0.2, -0.15) is 0 Å². The van der Waals surface area contributed by atoms with Crippen LogP contribution in [0.25, 0.3) is 0 Å². The lowest BCUT2D eigenvalue weighted by molar-refractivity contribution is -0.135. The van der Waals surface area contributed by atoms with Gasteiger partial charge in [0, 0.05) is 30.5 Å². The van der Waals surface area contributed by atoms with Gasteiger partial charge in [-0.15, -0.1) is 0 Å². The first kappa shape index (κ1) is 15.0. The Morgan fingerprint density at radius 3 is 2.65 bits per heavy atom. The second-order valence-electron chi connectivity index (χ2n) is 5.40. The van der Waals surface area contributed by atoms with Gasteiger partial charge in [0.1, 0.15) is 0 Å². The highest BCUT2D eigenvalue weighted by atomic mass is 79.9. The smallest absolute Gasteiger partial charge is 0.227 e.